The van der Waals surface area contributed by atoms with Crippen LogP contribution in [0, 0.1) is 23.7 Å². The molecule has 0 bridgehead atoms. The fraction of sp³-hybridized carbons (Fsp3) is 0.535. The normalized spacial score (nSPS) is 17.6. The molecule has 6 aromatic rings. The molecular weight excluding hydrogens is 1620 g/mol. The molecule has 2 aromatic carbocycles. The molecule has 6 atom stereocenters. The molecule has 7 aliphatic heterocycles. The van der Waals surface area contributed by atoms with Gasteiger partial charge in [-0.3, -0.25) is 43.2 Å². The minimum atomic E-state index is -2.00. The van der Waals surface area contributed by atoms with Crippen molar-refractivity contribution in [3.05, 3.63) is 102 Å². The van der Waals surface area contributed by atoms with Gasteiger partial charge in [0.15, 0.2) is 34.2 Å². The van der Waals surface area contributed by atoms with E-state index in [4.69, 9.17) is 58.4 Å². The van der Waals surface area contributed by atoms with Gasteiger partial charge in [-0.25, -0.2) is 33.9 Å². The summed E-state index contributed by atoms with van der Waals surface area (Å²) in [6.07, 6.45) is 1.49. The van der Waals surface area contributed by atoms with E-state index in [2.05, 4.69) is 37.2 Å². The predicted octanol–water partition coefficient (Wildman–Crippen LogP) is 5.46. The van der Waals surface area contributed by atoms with Gasteiger partial charge in [0.2, 0.25) is 43.1 Å². The lowest BCUT2D eigenvalue weighted by Gasteiger charge is -2.31. The van der Waals surface area contributed by atoms with Crippen LogP contribution < -0.4 is 73.0 Å². The highest BCUT2D eigenvalue weighted by atomic mass is 16.7. The molecule has 0 saturated carbocycles. The Morgan fingerprint density at radius 3 is 1.32 bits per heavy atom. The number of aromatic nitrogens is 4. The Morgan fingerprint density at radius 2 is 0.919 bits per heavy atom. The molecule has 0 unspecified atom stereocenters. The number of benzene rings is 2. The number of nitrogens with one attached hydrogen (secondary N) is 7. The molecule has 4 aromatic heterocycles. The van der Waals surface area contributed by atoms with Gasteiger partial charge < -0.3 is 105 Å². The van der Waals surface area contributed by atoms with Crippen molar-refractivity contribution in [1.29, 1.82) is 0 Å². The van der Waals surface area contributed by atoms with Crippen LogP contribution >= 0.6 is 0 Å². The SMILES string of the molecule is CC(C)[C@H](C)C(=O)N[C@@H](CCCCNC(=O)OC(C)(C)C)C(=O)NCC(=O)ON1C(=O)CCC1=O.CC[C@@]1(O)C(=O)OCc2c1cc1n(c2=O)Cc2c-1nc1cc3c(cc1c2CN)OCO3.CC[C@@]1(O)C(=O)OCc2c1cc1n(c2=O)Cc2c-1nc1cc3c(cc1c2CNC(=O)CNC(=O)[C@H](CCCCNC(=O)OC(C)(C)C)NC(=O)[C@@H](C)C(C)C)OCO3. The number of carbonyl (C=O) groups is 12. The first-order chi connectivity index (χ1) is 58.6. The monoisotopic (exact) mass is 1720 g/mol. The smallest absolute Gasteiger partial charge is 0.407 e. The van der Waals surface area contributed by atoms with E-state index in [0.717, 1.165) is 16.5 Å². The van der Waals surface area contributed by atoms with E-state index in [1.165, 1.54) is 4.57 Å². The molecule has 38 heteroatoms. The summed E-state index contributed by atoms with van der Waals surface area (Å²) in [4.78, 5) is 190. The van der Waals surface area contributed by atoms with E-state index in [0.29, 0.717) is 129 Å². The molecule has 0 spiro atoms. The fourth-order valence-corrected chi connectivity index (χ4v) is 14.9. The highest BCUT2D eigenvalue weighted by Crippen LogP contribution is 2.46. The summed E-state index contributed by atoms with van der Waals surface area (Å²) in [5.41, 5.74) is 7.43. The maximum absolute atomic E-state index is 13.9. The van der Waals surface area contributed by atoms with Crippen LogP contribution in [0.2, 0.25) is 0 Å². The minimum absolute atomic E-state index is 0.00541. The summed E-state index contributed by atoms with van der Waals surface area (Å²) in [6.45, 7) is 25.1. The summed E-state index contributed by atoms with van der Waals surface area (Å²) < 4.78 is 46.1. The average Bonchev–Trinajstić information content (AvgIpc) is 1.56. The number of unbranched alkanes of at least 4 members (excludes halogenated alkanes) is 2. The number of fused-ring (bicyclic) bond motifs is 12. The van der Waals surface area contributed by atoms with Crippen LogP contribution in [0.1, 0.15) is 206 Å². The number of rotatable bonds is 28. The van der Waals surface area contributed by atoms with Gasteiger partial charge in [-0.2, -0.15) is 0 Å². The van der Waals surface area contributed by atoms with E-state index in [9.17, 15) is 77.3 Å². The molecule has 124 heavy (non-hydrogen) atoms. The fourth-order valence-electron chi connectivity index (χ4n) is 14.9. The van der Waals surface area contributed by atoms with Gasteiger partial charge >= 0.3 is 30.1 Å². The molecule has 1 fully saturated rings. The van der Waals surface area contributed by atoms with Gasteiger partial charge in [-0.15, -0.1) is 5.06 Å². The lowest BCUT2D eigenvalue weighted by molar-refractivity contribution is -0.196. The number of imide groups is 1. The second-order valence-electron chi connectivity index (χ2n) is 34.0. The van der Waals surface area contributed by atoms with E-state index >= 15 is 0 Å². The molecule has 1 saturated heterocycles. The summed E-state index contributed by atoms with van der Waals surface area (Å²) in [7, 11) is 0. The molecule has 0 aliphatic carbocycles. The number of nitrogens with zero attached hydrogens (tertiary/aromatic N) is 5. The number of cyclic esters (lactones) is 2. The zero-order valence-electron chi connectivity index (χ0n) is 72.1. The third-order valence-corrected chi connectivity index (χ3v) is 22.6. The van der Waals surface area contributed by atoms with Crippen LogP contribution in [0.4, 0.5) is 9.59 Å². The topological polar surface area (TPSA) is 512 Å². The van der Waals surface area contributed by atoms with Crippen LogP contribution in [0.5, 0.6) is 23.0 Å². The number of carbonyl (C=O) groups excluding carboxylic acids is 12. The van der Waals surface area contributed by atoms with Gasteiger partial charge in [-0.1, -0.05) is 55.4 Å². The zero-order valence-corrected chi connectivity index (χ0v) is 72.1. The Morgan fingerprint density at radius 1 is 0.516 bits per heavy atom. The van der Waals surface area contributed by atoms with Gasteiger partial charge in [0.05, 0.1) is 64.6 Å². The molecule has 38 nitrogen and oxygen atoms in total. The van der Waals surface area contributed by atoms with Crippen LogP contribution in [0.25, 0.3) is 44.6 Å². The number of aliphatic hydroxyl groups is 2. The summed E-state index contributed by atoms with van der Waals surface area (Å²) >= 11 is 0. The first-order valence-corrected chi connectivity index (χ1v) is 41.6. The number of pyridine rings is 4. The highest BCUT2D eigenvalue weighted by Gasteiger charge is 2.48. The first kappa shape index (κ1) is 92.4. The van der Waals surface area contributed by atoms with Gasteiger partial charge in [0.1, 0.15) is 43.0 Å². The highest BCUT2D eigenvalue weighted by molar-refractivity contribution is 6.02. The molecular formula is C86H109N13O25. The quantitative estimate of drug-likeness (QED) is 0.0126. The second kappa shape index (κ2) is 38.2. The standard InChI is InChI=1S/C41H52N6O11.C23H38N4O8.C22H19N3O6/c1-8-41(54)27-14-30-34-25(18-47(30)37(51)26(27)19-55-38(41)52)24(23-13-31-32(57-20-56-31)15-29(23)45-34)16-43-33(48)17-44-36(50)28(46-35(49)22(4)21(2)3)11-9-10-12-42-39(53)58-40(5,6)7;1-14(2)15(3)20(31)26-16(9-7-8-12-24-22(33)34-23(4,5)6)21(32)25-13-19(30)35-27-17(28)10-11-18(27)29;1-2-22(28)14-4-16-19-12(7-25(16)20(26)13(14)8-29-21(22)27)11(6-23)10-3-17-18(31-9-30-17)5-15(10)24-19/h13-15,21-22,28,54H,8-12,16-20H2,1-7H3,(H,42,53)(H,43,48)(H,44,50)(H,46,49);14-16H,7-13H2,1-6H3,(H,24,33)(H,25,32)(H,26,31);3-5,28H,2,6-9,23H2,1H3/t22-,28-,41-;15-,16-;22-/m000/s1. The molecule has 11 N–H and O–H groups in total. The number of alkyl carbamates (subject to hydrolysis) is 2. The Balaban J connectivity index is 0.000000194. The number of nitrogens with two attached hydrogens (primary N) is 1. The number of hydrogen-bond donors (Lipinski definition) is 10. The van der Waals surface area contributed by atoms with Crippen LogP contribution in [0.15, 0.2) is 46.0 Å². The van der Waals surface area contributed by atoms with Crippen LogP contribution in [-0.2, 0) is 122 Å². The summed E-state index contributed by atoms with van der Waals surface area (Å²) in [5.74, 6) is -4.44. The number of esters is 2. The number of ether oxygens (including phenoxy) is 8. The number of amides is 9. The van der Waals surface area contributed by atoms with Gasteiger partial charge in [0, 0.05) is 96.0 Å². The Kier molecular flexibility index (Phi) is 28.5. The van der Waals surface area contributed by atoms with Crippen LogP contribution in [0.3, 0.4) is 0 Å². The van der Waals surface area contributed by atoms with Crippen LogP contribution in [-0.4, -0.2) is 169 Å². The first-order valence-electron chi connectivity index (χ1n) is 41.6. The largest absolute Gasteiger partial charge is 0.458 e. The summed E-state index contributed by atoms with van der Waals surface area (Å²) in [5, 5.41) is 43.0. The van der Waals surface area contributed by atoms with Crippen molar-refractivity contribution < 1.29 is 110 Å². The van der Waals surface area contributed by atoms with Gasteiger partial charge in [0.25, 0.3) is 22.9 Å². The molecule has 9 amide bonds. The van der Waals surface area contributed by atoms with E-state index in [1.54, 1.807) is 104 Å². The lowest BCUT2D eigenvalue weighted by atomic mass is 9.86. The lowest BCUT2D eigenvalue weighted by Crippen LogP contribution is -2.50. The molecule has 668 valence electrons. The minimum Gasteiger partial charge on any atom is -0.458 e. The Bertz CT molecular complexity index is 5360. The Hall–Kier alpha value is -12.3. The number of hydrogen-bond acceptors (Lipinski definition) is 28. The molecule has 11 heterocycles. The zero-order chi connectivity index (χ0) is 90.4. The Labute approximate surface area is 713 Å². The molecule has 13 rings (SSSR count). The third kappa shape index (κ3) is 20.5. The maximum atomic E-state index is 13.9. The van der Waals surface area contributed by atoms with Crippen molar-refractivity contribution in [2.45, 2.75) is 235 Å². The third-order valence-electron chi connectivity index (χ3n) is 22.6. The second-order valence-corrected chi connectivity index (χ2v) is 34.0. The van der Waals surface area contributed by atoms with Crippen molar-refractivity contribution in [2.75, 3.05) is 39.8 Å². The van der Waals surface area contributed by atoms with E-state index < -0.39 is 113 Å². The average molecular weight is 1720 g/mol. The number of hydroxylamine groups is 2. The molecule has 7 aliphatic rings. The maximum Gasteiger partial charge on any atom is 0.407 e. The van der Waals surface area contributed by atoms with Crippen molar-refractivity contribution in [3.8, 4) is 45.8 Å². The molecule has 0 radical (unpaired) electrons. The van der Waals surface area contributed by atoms with Crippen molar-refractivity contribution in [1.82, 2.24) is 61.4 Å². The summed E-state index contributed by atoms with van der Waals surface area (Å²) in [6, 6.07) is 8.61. The van der Waals surface area contributed by atoms with Gasteiger partial charge in [-0.05, 0) is 140 Å². The van der Waals surface area contributed by atoms with Crippen molar-refractivity contribution in [3.63, 3.8) is 0 Å². The van der Waals surface area contributed by atoms with E-state index in [1.807, 2.05) is 33.8 Å². The van der Waals surface area contributed by atoms with E-state index in [-0.39, 0.29) is 143 Å². The van der Waals surface area contributed by atoms with Crippen molar-refractivity contribution in [2.24, 2.45) is 29.4 Å². The van der Waals surface area contributed by atoms with Crippen molar-refractivity contribution >= 4 is 93.3 Å². The predicted molar refractivity (Wildman–Crippen MR) is 442 cm³/mol.